The lowest BCUT2D eigenvalue weighted by atomic mass is 10.1. The summed E-state index contributed by atoms with van der Waals surface area (Å²) >= 11 is 0. The second-order valence-electron chi connectivity index (χ2n) is 6.22. The zero-order valence-electron chi connectivity index (χ0n) is 13.2. The summed E-state index contributed by atoms with van der Waals surface area (Å²) in [5.41, 5.74) is 6.10. The van der Waals surface area contributed by atoms with Gasteiger partial charge in [-0.2, -0.15) is 0 Å². The Kier molecular flexibility index (Phi) is 3.14. The zero-order valence-corrected chi connectivity index (χ0v) is 13.2. The number of aryl methyl sites for hydroxylation is 2. The van der Waals surface area contributed by atoms with Crippen molar-refractivity contribution in [3.8, 4) is 5.69 Å². The quantitative estimate of drug-likeness (QED) is 0.704. The minimum atomic E-state index is 1.07. The molecule has 1 aliphatic rings. The molecule has 0 aliphatic carbocycles. The van der Waals surface area contributed by atoms with Gasteiger partial charge in [-0.25, -0.2) is 4.98 Å². The zero-order chi connectivity index (χ0) is 15.1. The average Bonchev–Trinajstić information content (AvgIpc) is 3.14. The molecule has 1 aliphatic heterocycles. The average molecular weight is 291 g/mol. The molecular weight excluding hydrogens is 270 g/mol. The molecule has 3 heteroatoms. The van der Waals surface area contributed by atoms with E-state index in [1.54, 1.807) is 0 Å². The molecule has 22 heavy (non-hydrogen) atoms. The third-order valence-electron chi connectivity index (χ3n) is 4.53. The topological polar surface area (TPSA) is 21.1 Å². The number of nitrogens with zero attached hydrogens (tertiary/aromatic N) is 3. The summed E-state index contributed by atoms with van der Waals surface area (Å²) in [4.78, 5) is 7.34. The summed E-state index contributed by atoms with van der Waals surface area (Å²) in [6.45, 7) is 6.54. The Balaban J connectivity index is 1.99. The molecular formula is C19H21N3. The fourth-order valence-electron chi connectivity index (χ4n) is 3.44. The van der Waals surface area contributed by atoms with E-state index in [0.29, 0.717) is 0 Å². The Morgan fingerprint density at radius 1 is 0.955 bits per heavy atom. The maximum Gasteiger partial charge on any atom is 0.211 e. The van der Waals surface area contributed by atoms with E-state index >= 15 is 0 Å². The normalized spacial score (nSPS) is 14.9. The van der Waals surface area contributed by atoms with Crippen LogP contribution in [0, 0.1) is 13.8 Å². The van der Waals surface area contributed by atoms with Crippen molar-refractivity contribution >= 4 is 17.0 Å². The Morgan fingerprint density at radius 3 is 2.50 bits per heavy atom. The van der Waals surface area contributed by atoms with Crippen LogP contribution in [0.3, 0.4) is 0 Å². The first-order valence-electron chi connectivity index (χ1n) is 8.04. The fraction of sp³-hybridized carbons (Fsp3) is 0.316. The highest BCUT2D eigenvalue weighted by molar-refractivity contribution is 5.82. The highest BCUT2D eigenvalue weighted by Gasteiger charge is 2.21. The predicted molar refractivity (Wildman–Crippen MR) is 92.0 cm³/mol. The molecule has 3 aromatic rings. The van der Waals surface area contributed by atoms with Gasteiger partial charge in [0.1, 0.15) is 0 Å². The lowest BCUT2D eigenvalue weighted by Gasteiger charge is -2.20. The highest BCUT2D eigenvalue weighted by atomic mass is 15.3. The maximum absolute atomic E-state index is 4.92. The SMILES string of the molecule is Cc1ccc(-n2c(N3CCCC3)nc3ccccc32)c(C)c1. The fourth-order valence-corrected chi connectivity index (χ4v) is 3.44. The van der Waals surface area contributed by atoms with Gasteiger partial charge in [-0.05, 0) is 50.5 Å². The number of aromatic nitrogens is 2. The van der Waals surface area contributed by atoms with E-state index < -0.39 is 0 Å². The summed E-state index contributed by atoms with van der Waals surface area (Å²) in [5, 5.41) is 0. The smallest absolute Gasteiger partial charge is 0.211 e. The van der Waals surface area contributed by atoms with Gasteiger partial charge in [0.05, 0.1) is 16.7 Å². The molecule has 2 heterocycles. The summed E-state index contributed by atoms with van der Waals surface area (Å²) in [6, 6.07) is 15.1. The highest BCUT2D eigenvalue weighted by Crippen LogP contribution is 2.30. The lowest BCUT2D eigenvalue weighted by Crippen LogP contribution is -2.22. The van der Waals surface area contributed by atoms with E-state index in [1.165, 1.54) is 35.2 Å². The Morgan fingerprint density at radius 2 is 1.73 bits per heavy atom. The maximum atomic E-state index is 4.92. The van der Waals surface area contributed by atoms with Crippen LogP contribution in [-0.2, 0) is 0 Å². The summed E-state index contributed by atoms with van der Waals surface area (Å²) in [7, 11) is 0. The first kappa shape index (κ1) is 13.4. The van der Waals surface area contributed by atoms with Crippen LogP contribution < -0.4 is 4.90 Å². The summed E-state index contributed by atoms with van der Waals surface area (Å²) in [6.07, 6.45) is 2.52. The number of rotatable bonds is 2. The number of fused-ring (bicyclic) bond motifs is 1. The van der Waals surface area contributed by atoms with Crippen LogP contribution in [0.15, 0.2) is 42.5 Å². The molecule has 4 rings (SSSR count). The second kappa shape index (κ2) is 5.16. The molecule has 0 saturated carbocycles. The van der Waals surface area contributed by atoms with Crippen LogP contribution in [0.1, 0.15) is 24.0 Å². The van der Waals surface area contributed by atoms with Gasteiger partial charge < -0.3 is 4.90 Å². The molecule has 0 amide bonds. The molecule has 0 unspecified atom stereocenters. The van der Waals surface area contributed by atoms with Crippen LogP contribution in [0.4, 0.5) is 5.95 Å². The van der Waals surface area contributed by atoms with Crippen LogP contribution in [0.25, 0.3) is 16.7 Å². The molecule has 0 atom stereocenters. The number of benzene rings is 2. The predicted octanol–water partition coefficient (Wildman–Crippen LogP) is 4.24. The Labute approximate surface area is 131 Å². The third kappa shape index (κ3) is 2.08. The monoisotopic (exact) mass is 291 g/mol. The molecule has 0 bridgehead atoms. The first-order valence-corrected chi connectivity index (χ1v) is 8.04. The van der Waals surface area contributed by atoms with Crippen molar-refractivity contribution in [1.82, 2.24) is 9.55 Å². The molecule has 1 saturated heterocycles. The lowest BCUT2D eigenvalue weighted by molar-refractivity contribution is 0.881. The minimum Gasteiger partial charge on any atom is -0.342 e. The van der Waals surface area contributed by atoms with Crippen molar-refractivity contribution < 1.29 is 0 Å². The van der Waals surface area contributed by atoms with E-state index in [9.17, 15) is 0 Å². The van der Waals surface area contributed by atoms with Gasteiger partial charge in [0, 0.05) is 13.1 Å². The molecule has 0 radical (unpaired) electrons. The number of hydrogen-bond acceptors (Lipinski definition) is 2. The van der Waals surface area contributed by atoms with Gasteiger partial charge in [-0.3, -0.25) is 4.57 Å². The first-order chi connectivity index (χ1) is 10.7. The van der Waals surface area contributed by atoms with Gasteiger partial charge in [0.2, 0.25) is 5.95 Å². The molecule has 1 aromatic heterocycles. The van der Waals surface area contributed by atoms with Gasteiger partial charge in [-0.15, -0.1) is 0 Å². The number of imidazole rings is 1. The van der Waals surface area contributed by atoms with Gasteiger partial charge >= 0.3 is 0 Å². The van der Waals surface area contributed by atoms with Gasteiger partial charge in [0.25, 0.3) is 0 Å². The standard InChI is InChI=1S/C19H21N3/c1-14-9-10-17(15(2)13-14)22-18-8-4-3-7-16(18)20-19(22)21-11-5-6-12-21/h3-4,7-10,13H,5-6,11-12H2,1-2H3. The van der Waals surface area contributed by atoms with Crippen LogP contribution in [-0.4, -0.2) is 22.6 Å². The third-order valence-corrected chi connectivity index (χ3v) is 4.53. The minimum absolute atomic E-state index is 1.07. The van der Waals surface area contributed by atoms with Crippen molar-refractivity contribution in [2.45, 2.75) is 26.7 Å². The molecule has 2 aromatic carbocycles. The van der Waals surface area contributed by atoms with Crippen LogP contribution >= 0.6 is 0 Å². The van der Waals surface area contributed by atoms with Crippen molar-refractivity contribution in [1.29, 1.82) is 0 Å². The van der Waals surface area contributed by atoms with Crippen molar-refractivity contribution in [2.75, 3.05) is 18.0 Å². The number of hydrogen-bond donors (Lipinski definition) is 0. The van der Waals surface area contributed by atoms with Crippen molar-refractivity contribution in [2.24, 2.45) is 0 Å². The molecule has 112 valence electrons. The Hall–Kier alpha value is -2.29. The Bertz CT molecular complexity index is 826. The van der Waals surface area contributed by atoms with Crippen molar-refractivity contribution in [3.63, 3.8) is 0 Å². The molecule has 0 N–H and O–H groups in total. The van der Waals surface area contributed by atoms with E-state index in [0.717, 1.165) is 24.6 Å². The van der Waals surface area contributed by atoms with E-state index in [4.69, 9.17) is 4.98 Å². The van der Waals surface area contributed by atoms with Crippen LogP contribution in [0.5, 0.6) is 0 Å². The number of para-hydroxylation sites is 2. The summed E-state index contributed by atoms with van der Waals surface area (Å²) < 4.78 is 2.33. The largest absolute Gasteiger partial charge is 0.342 e. The molecule has 3 nitrogen and oxygen atoms in total. The number of anilines is 1. The summed E-state index contributed by atoms with van der Waals surface area (Å²) in [5.74, 6) is 1.09. The van der Waals surface area contributed by atoms with E-state index in [2.05, 4.69) is 65.8 Å². The molecule has 0 spiro atoms. The van der Waals surface area contributed by atoms with E-state index in [-0.39, 0.29) is 0 Å². The van der Waals surface area contributed by atoms with E-state index in [1.807, 2.05) is 0 Å². The van der Waals surface area contributed by atoms with Gasteiger partial charge in [-0.1, -0.05) is 29.8 Å². The second-order valence-corrected chi connectivity index (χ2v) is 6.22. The van der Waals surface area contributed by atoms with Gasteiger partial charge in [0.15, 0.2) is 0 Å². The van der Waals surface area contributed by atoms with Crippen molar-refractivity contribution in [3.05, 3.63) is 53.6 Å². The van der Waals surface area contributed by atoms with Crippen LogP contribution in [0.2, 0.25) is 0 Å². The molecule has 1 fully saturated rings.